The van der Waals surface area contributed by atoms with Crippen LogP contribution >= 0.6 is 0 Å². The maximum atomic E-state index is 5.94. The van der Waals surface area contributed by atoms with E-state index in [1.165, 1.54) is 6.42 Å². The van der Waals surface area contributed by atoms with Crippen LogP contribution in [0.1, 0.15) is 25.7 Å². The number of aromatic nitrogens is 2. The summed E-state index contributed by atoms with van der Waals surface area (Å²) in [5.41, 5.74) is 5.59. The van der Waals surface area contributed by atoms with Crippen molar-refractivity contribution in [2.24, 2.45) is 12.8 Å². The Balaban J connectivity index is 2.01. The van der Waals surface area contributed by atoms with Crippen molar-refractivity contribution in [3.8, 4) is 5.75 Å². The minimum absolute atomic E-state index is 0.0117. The fourth-order valence-electron chi connectivity index (χ4n) is 1.94. The first-order valence-electron chi connectivity index (χ1n) is 5.12. The lowest BCUT2D eigenvalue weighted by Gasteiger charge is -2.41. The second-order valence-corrected chi connectivity index (χ2v) is 4.03. The van der Waals surface area contributed by atoms with Crippen LogP contribution < -0.4 is 10.5 Å². The molecule has 0 bridgehead atoms. The van der Waals surface area contributed by atoms with Crippen LogP contribution in [0.5, 0.6) is 5.75 Å². The quantitative estimate of drug-likeness (QED) is 0.782. The van der Waals surface area contributed by atoms with E-state index in [4.69, 9.17) is 10.5 Å². The Labute approximate surface area is 84.0 Å². The highest BCUT2D eigenvalue weighted by atomic mass is 16.5. The lowest BCUT2D eigenvalue weighted by molar-refractivity contribution is -0.0125. The van der Waals surface area contributed by atoms with Gasteiger partial charge < -0.3 is 10.5 Å². The van der Waals surface area contributed by atoms with Crippen molar-refractivity contribution >= 4 is 0 Å². The zero-order chi connectivity index (χ0) is 10.0. The predicted octanol–water partition coefficient (Wildman–Crippen LogP) is 1.07. The fourth-order valence-corrected chi connectivity index (χ4v) is 1.94. The molecule has 1 aromatic rings. The van der Waals surface area contributed by atoms with Gasteiger partial charge in [-0.15, -0.1) is 0 Å². The summed E-state index contributed by atoms with van der Waals surface area (Å²) >= 11 is 0. The van der Waals surface area contributed by atoms with Crippen molar-refractivity contribution in [2.45, 2.75) is 31.3 Å². The highest BCUT2D eigenvalue weighted by molar-refractivity contribution is 5.14. The summed E-state index contributed by atoms with van der Waals surface area (Å²) in [6.07, 6.45) is 8.10. The molecule has 4 heteroatoms. The van der Waals surface area contributed by atoms with Crippen LogP contribution in [0, 0.1) is 0 Å². The molecule has 0 saturated heterocycles. The molecule has 1 fully saturated rings. The van der Waals surface area contributed by atoms with E-state index >= 15 is 0 Å². The average Bonchev–Trinajstić information content (AvgIpc) is 2.48. The van der Waals surface area contributed by atoms with E-state index in [0.29, 0.717) is 6.54 Å². The van der Waals surface area contributed by atoms with Crippen LogP contribution in [0.15, 0.2) is 12.4 Å². The molecule has 0 atom stereocenters. The molecule has 1 aliphatic rings. The largest absolute Gasteiger partial charge is 0.484 e. The number of aryl methyl sites for hydroxylation is 1. The van der Waals surface area contributed by atoms with E-state index in [1.54, 1.807) is 10.9 Å². The van der Waals surface area contributed by atoms with E-state index in [-0.39, 0.29) is 5.60 Å². The number of hydrogen-bond acceptors (Lipinski definition) is 3. The van der Waals surface area contributed by atoms with E-state index in [9.17, 15) is 0 Å². The molecule has 1 aliphatic carbocycles. The third-order valence-electron chi connectivity index (χ3n) is 2.88. The fraction of sp³-hybridized carbons (Fsp3) is 0.700. The molecular formula is C10H17N3O. The average molecular weight is 195 g/mol. The normalized spacial score (nSPS) is 19.0. The number of ether oxygens (including phenoxy) is 1. The van der Waals surface area contributed by atoms with Gasteiger partial charge in [0.1, 0.15) is 5.60 Å². The maximum absolute atomic E-state index is 5.94. The van der Waals surface area contributed by atoms with Crippen LogP contribution in [0.25, 0.3) is 0 Å². The number of rotatable bonds is 4. The molecule has 0 radical (unpaired) electrons. The molecule has 0 aliphatic heterocycles. The van der Waals surface area contributed by atoms with Crippen LogP contribution in [0.4, 0.5) is 0 Å². The maximum Gasteiger partial charge on any atom is 0.158 e. The first-order valence-corrected chi connectivity index (χ1v) is 5.12. The smallest absolute Gasteiger partial charge is 0.158 e. The van der Waals surface area contributed by atoms with Crippen molar-refractivity contribution in [3.05, 3.63) is 12.4 Å². The molecular weight excluding hydrogens is 178 g/mol. The van der Waals surface area contributed by atoms with Crippen LogP contribution in [-0.4, -0.2) is 21.9 Å². The highest BCUT2D eigenvalue weighted by Gasteiger charge is 2.38. The standard InChI is InChI=1S/C10H17N3O/c1-13-8-9(7-12-13)14-10(5-6-11)3-2-4-10/h7-8H,2-6,11H2,1H3. The lowest BCUT2D eigenvalue weighted by atomic mass is 9.77. The summed E-state index contributed by atoms with van der Waals surface area (Å²) in [6, 6.07) is 0. The topological polar surface area (TPSA) is 53.1 Å². The zero-order valence-corrected chi connectivity index (χ0v) is 8.57. The minimum Gasteiger partial charge on any atom is -0.484 e. The molecule has 2 rings (SSSR count). The van der Waals surface area contributed by atoms with Gasteiger partial charge in [0.05, 0.1) is 12.4 Å². The van der Waals surface area contributed by atoms with E-state index in [0.717, 1.165) is 25.0 Å². The Hall–Kier alpha value is -1.03. The van der Waals surface area contributed by atoms with Gasteiger partial charge in [0.25, 0.3) is 0 Å². The van der Waals surface area contributed by atoms with Gasteiger partial charge in [-0.05, 0) is 32.2 Å². The van der Waals surface area contributed by atoms with Gasteiger partial charge in [0.2, 0.25) is 0 Å². The number of nitrogens with two attached hydrogens (primary N) is 1. The Morgan fingerprint density at radius 2 is 2.43 bits per heavy atom. The first kappa shape index (κ1) is 9.52. The number of nitrogens with zero attached hydrogens (tertiary/aromatic N) is 2. The zero-order valence-electron chi connectivity index (χ0n) is 8.57. The molecule has 0 amide bonds. The van der Waals surface area contributed by atoms with Crippen LogP contribution in [-0.2, 0) is 7.05 Å². The molecule has 4 nitrogen and oxygen atoms in total. The second kappa shape index (κ2) is 3.61. The molecule has 0 spiro atoms. The Kier molecular flexibility index (Phi) is 2.46. The molecule has 14 heavy (non-hydrogen) atoms. The van der Waals surface area contributed by atoms with Gasteiger partial charge in [-0.1, -0.05) is 0 Å². The summed E-state index contributed by atoms with van der Waals surface area (Å²) in [7, 11) is 1.89. The highest BCUT2D eigenvalue weighted by Crippen LogP contribution is 2.38. The molecule has 1 aromatic heterocycles. The monoisotopic (exact) mass is 195 g/mol. The lowest BCUT2D eigenvalue weighted by Crippen LogP contribution is -2.44. The van der Waals surface area contributed by atoms with Gasteiger partial charge in [-0.25, -0.2) is 0 Å². The first-order chi connectivity index (χ1) is 6.74. The minimum atomic E-state index is 0.0117. The molecule has 0 aromatic carbocycles. The van der Waals surface area contributed by atoms with Gasteiger partial charge in [-0.3, -0.25) is 4.68 Å². The molecule has 0 unspecified atom stereocenters. The van der Waals surface area contributed by atoms with E-state index in [1.807, 2.05) is 13.2 Å². The van der Waals surface area contributed by atoms with Gasteiger partial charge in [-0.2, -0.15) is 5.10 Å². The molecule has 2 N–H and O–H groups in total. The van der Waals surface area contributed by atoms with Crippen LogP contribution in [0.2, 0.25) is 0 Å². The Bertz CT molecular complexity index is 304. The van der Waals surface area contributed by atoms with Crippen molar-refractivity contribution in [2.75, 3.05) is 6.54 Å². The van der Waals surface area contributed by atoms with Crippen molar-refractivity contribution in [1.29, 1.82) is 0 Å². The molecule has 1 heterocycles. The van der Waals surface area contributed by atoms with Gasteiger partial charge in [0, 0.05) is 7.05 Å². The van der Waals surface area contributed by atoms with Crippen LogP contribution in [0.3, 0.4) is 0 Å². The van der Waals surface area contributed by atoms with E-state index < -0.39 is 0 Å². The summed E-state index contributed by atoms with van der Waals surface area (Å²) in [6.45, 7) is 0.695. The predicted molar refractivity (Wildman–Crippen MR) is 54.1 cm³/mol. The third kappa shape index (κ3) is 1.75. The molecule has 1 saturated carbocycles. The summed E-state index contributed by atoms with van der Waals surface area (Å²) < 4.78 is 7.69. The number of hydrogen-bond donors (Lipinski definition) is 1. The van der Waals surface area contributed by atoms with Crippen molar-refractivity contribution in [1.82, 2.24) is 9.78 Å². The van der Waals surface area contributed by atoms with Crippen molar-refractivity contribution in [3.63, 3.8) is 0 Å². The van der Waals surface area contributed by atoms with Gasteiger partial charge >= 0.3 is 0 Å². The summed E-state index contributed by atoms with van der Waals surface area (Å²) in [4.78, 5) is 0. The van der Waals surface area contributed by atoms with Gasteiger partial charge in [0.15, 0.2) is 5.75 Å². The Morgan fingerprint density at radius 3 is 2.86 bits per heavy atom. The summed E-state index contributed by atoms with van der Waals surface area (Å²) in [5.74, 6) is 0.862. The SMILES string of the molecule is Cn1cc(OC2(CCN)CCC2)cn1. The van der Waals surface area contributed by atoms with E-state index in [2.05, 4.69) is 5.10 Å². The van der Waals surface area contributed by atoms with Crippen molar-refractivity contribution < 1.29 is 4.74 Å². The Morgan fingerprint density at radius 1 is 1.64 bits per heavy atom. The summed E-state index contributed by atoms with van der Waals surface area (Å²) in [5, 5.41) is 4.08. The second-order valence-electron chi connectivity index (χ2n) is 4.03. The third-order valence-corrected chi connectivity index (χ3v) is 2.88. The molecule has 78 valence electrons.